The van der Waals surface area contributed by atoms with Gasteiger partial charge in [0.1, 0.15) is 23.9 Å². The summed E-state index contributed by atoms with van der Waals surface area (Å²) in [5.74, 6) is -4.32. The minimum absolute atomic E-state index is 0.00708. The molecule has 2 N–H and O–H groups in total. The molecule has 1 aromatic heterocycles. The number of amides is 2. The van der Waals surface area contributed by atoms with Crippen LogP contribution in [-0.4, -0.2) is 45.6 Å². The molecule has 2 aliphatic heterocycles. The van der Waals surface area contributed by atoms with Crippen molar-refractivity contribution in [2.45, 2.75) is 25.6 Å². The molecule has 32 heavy (non-hydrogen) atoms. The number of carbonyl (C=O) groups is 2. The molecule has 0 saturated heterocycles. The number of alkyl halides is 1. The molecule has 2 amide bonds. The lowest BCUT2D eigenvalue weighted by atomic mass is 9.98. The SMILES string of the molecule is CC1C=CC(CF)N2CC1n1cc(C(=O)NCc3ccc(F)cc3F)c(=O)c(O)c1C2=O. The number of allylic oxidation sites excluding steroid dienone is 1. The first-order chi connectivity index (χ1) is 15.2. The summed E-state index contributed by atoms with van der Waals surface area (Å²) in [6, 6.07) is 1.61. The number of aromatic hydroxyl groups is 1. The maximum Gasteiger partial charge on any atom is 0.275 e. The van der Waals surface area contributed by atoms with Crippen molar-refractivity contribution < 1.29 is 27.9 Å². The number of rotatable bonds is 4. The summed E-state index contributed by atoms with van der Waals surface area (Å²) in [6.45, 7) is 0.845. The number of nitrogens with one attached hydrogen (secondary N) is 1. The van der Waals surface area contributed by atoms with Crippen LogP contribution in [0.2, 0.25) is 0 Å². The van der Waals surface area contributed by atoms with Crippen LogP contribution in [0.25, 0.3) is 0 Å². The molecule has 10 heteroatoms. The fraction of sp³-hybridized carbons (Fsp3) is 0.318. The number of pyridine rings is 1. The number of halogens is 3. The monoisotopic (exact) mass is 447 g/mol. The van der Waals surface area contributed by atoms with Gasteiger partial charge in [-0.2, -0.15) is 0 Å². The molecule has 2 bridgehead atoms. The molecule has 3 unspecified atom stereocenters. The van der Waals surface area contributed by atoms with Crippen molar-refractivity contribution in [1.82, 2.24) is 14.8 Å². The van der Waals surface area contributed by atoms with Gasteiger partial charge in [-0.05, 0) is 12.0 Å². The zero-order chi connectivity index (χ0) is 23.2. The maximum absolute atomic E-state index is 13.8. The normalized spacial score (nSPS) is 21.8. The lowest BCUT2D eigenvalue weighted by molar-refractivity contribution is 0.0574. The van der Waals surface area contributed by atoms with Gasteiger partial charge in [0.25, 0.3) is 11.8 Å². The quantitative estimate of drug-likeness (QED) is 0.704. The second-order valence-electron chi connectivity index (χ2n) is 7.89. The van der Waals surface area contributed by atoms with Gasteiger partial charge in [0, 0.05) is 30.9 Å². The number of carbonyl (C=O) groups excluding carboxylic acids is 2. The van der Waals surface area contributed by atoms with E-state index in [-0.39, 0.29) is 30.3 Å². The fourth-order valence-electron chi connectivity index (χ4n) is 4.07. The van der Waals surface area contributed by atoms with Gasteiger partial charge in [-0.1, -0.05) is 25.1 Å². The Balaban J connectivity index is 1.70. The Morgan fingerprint density at radius 2 is 2.00 bits per heavy atom. The molecule has 2 aromatic rings. The van der Waals surface area contributed by atoms with Crippen molar-refractivity contribution in [1.29, 1.82) is 0 Å². The van der Waals surface area contributed by atoms with E-state index in [9.17, 15) is 32.7 Å². The molecule has 4 rings (SSSR count). The van der Waals surface area contributed by atoms with E-state index in [0.717, 1.165) is 12.1 Å². The first-order valence-electron chi connectivity index (χ1n) is 9.98. The van der Waals surface area contributed by atoms with Crippen LogP contribution in [0, 0.1) is 17.6 Å². The Kier molecular flexibility index (Phi) is 5.53. The van der Waals surface area contributed by atoms with E-state index in [1.807, 2.05) is 6.92 Å². The van der Waals surface area contributed by atoms with Crippen LogP contribution in [-0.2, 0) is 6.54 Å². The van der Waals surface area contributed by atoms with E-state index in [2.05, 4.69) is 5.32 Å². The predicted molar refractivity (Wildman–Crippen MR) is 108 cm³/mol. The van der Waals surface area contributed by atoms with E-state index in [4.69, 9.17) is 0 Å². The van der Waals surface area contributed by atoms with Crippen molar-refractivity contribution in [2.75, 3.05) is 13.2 Å². The van der Waals surface area contributed by atoms with Crippen LogP contribution in [0.5, 0.6) is 5.75 Å². The molecule has 1 aromatic carbocycles. The second kappa shape index (κ2) is 8.18. The van der Waals surface area contributed by atoms with Gasteiger partial charge in [0.15, 0.2) is 11.4 Å². The van der Waals surface area contributed by atoms with Gasteiger partial charge in [-0.3, -0.25) is 14.4 Å². The van der Waals surface area contributed by atoms with Crippen LogP contribution in [0.1, 0.15) is 39.4 Å². The van der Waals surface area contributed by atoms with Gasteiger partial charge < -0.3 is 19.9 Å². The van der Waals surface area contributed by atoms with Crippen LogP contribution in [0.15, 0.2) is 41.3 Å². The van der Waals surface area contributed by atoms with Crippen LogP contribution < -0.4 is 10.7 Å². The standard InChI is InChI=1S/C22H20F3N3O4/c1-11-2-5-14(7-23)27-10-17(11)28-9-15(19(29)20(30)18(28)22(27)32)21(31)26-8-12-3-4-13(24)6-16(12)25/h2-6,9,11,14,17,30H,7-8,10H2,1H3,(H,26,31). The van der Waals surface area contributed by atoms with Crippen LogP contribution in [0.3, 0.4) is 0 Å². The fourth-order valence-corrected chi connectivity index (χ4v) is 4.07. The highest BCUT2D eigenvalue weighted by Gasteiger charge is 2.40. The van der Waals surface area contributed by atoms with Crippen molar-refractivity contribution in [2.24, 2.45) is 5.92 Å². The summed E-state index contributed by atoms with van der Waals surface area (Å²) >= 11 is 0. The highest BCUT2D eigenvalue weighted by Crippen LogP contribution is 2.34. The Morgan fingerprint density at radius 1 is 1.25 bits per heavy atom. The molecule has 3 atom stereocenters. The first kappa shape index (κ1) is 21.7. The lowest BCUT2D eigenvalue weighted by Crippen LogP contribution is -2.49. The maximum atomic E-state index is 13.8. The topological polar surface area (TPSA) is 91.6 Å². The van der Waals surface area contributed by atoms with Crippen LogP contribution >= 0.6 is 0 Å². The van der Waals surface area contributed by atoms with E-state index >= 15 is 0 Å². The largest absolute Gasteiger partial charge is 0.503 e. The van der Waals surface area contributed by atoms with Gasteiger partial charge in [0.05, 0.1) is 12.1 Å². The zero-order valence-corrected chi connectivity index (χ0v) is 17.0. The Morgan fingerprint density at radius 3 is 2.69 bits per heavy atom. The molecule has 2 aliphatic rings. The van der Waals surface area contributed by atoms with Crippen molar-refractivity contribution in [3.63, 3.8) is 0 Å². The predicted octanol–water partition coefficient (Wildman–Crippen LogP) is 2.30. The summed E-state index contributed by atoms with van der Waals surface area (Å²) in [7, 11) is 0. The summed E-state index contributed by atoms with van der Waals surface area (Å²) in [5, 5.41) is 12.9. The smallest absolute Gasteiger partial charge is 0.275 e. The summed E-state index contributed by atoms with van der Waals surface area (Å²) in [5.41, 5.74) is -1.80. The van der Waals surface area contributed by atoms with E-state index in [1.54, 1.807) is 12.2 Å². The minimum Gasteiger partial charge on any atom is -0.503 e. The number of fused-ring (bicyclic) bond motifs is 4. The van der Waals surface area contributed by atoms with Crippen molar-refractivity contribution in [3.05, 3.63) is 75.2 Å². The van der Waals surface area contributed by atoms with Crippen LogP contribution in [0.4, 0.5) is 13.2 Å². The van der Waals surface area contributed by atoms with Gasteiger partial charge >= 0.3 is 0 Å². The highest BCUT2D eigenvalue weighted by molar-refractivity contribution is 5.99. The molecular weight excluding hydrogens is 427 g/mol. The Bertz CT molecular complexity index is 1190. The molecule has 0 radical (unpaired) electrons. The van der Waals surface area contributed by atoms with E-state index in [0.29, 0.717) is 6.07 Å². The van der Waals surface area contributed by atoms with Gasteiger partial charge in [0.2, 0.25) is 5.43 Å². The third-order valence-corrected chi connectivity index (χ3v) is 5.92. The lowest BCUT2D eigenvalue weighted by Gasteiger charge is -2.38. The molecule has 0 spiro atoms. The molecule has 168 valence electrons. The summed E-state index contributed by atoms with van der Waals surface area (Å²) < 4.78 is 41.7. The molecule has 7 nitrogen and oxygen atoms in total. The molecule has 0 saturated carbocycles. The third-order valence-electron chi connectivity index (χ3n) is 5.92. The molecule has 3 heterocycles. The first-order valence-corrected chi connectivity index (χ1v) is 9.98. The second-order valence-corrected chi connectivity index (χ2v) is 7.89. The summed E-state index contributed by atoms with van der Waals surface area (Å²) in [4.78, 5) is 39.5. The number of hydrogen-bond donors (Lipinski definition) is 2. The van der Waals surface area contributed by atoms with Crippen molar-refractivity contribution in [3.8, 4) is 5.75 Å². The van der Waals surface area contributed by atoms with Crippen molar-refractivity contribution >= 4 is 11.8 Å². The highest BCUT2D eigenvalue weighted by atomic mass is 19.1. The van der Waals surface area contributed by atoms with E-state index < -0.39 is 58.9 Å². The molecule has 0 aliphatic carbocycles. The Hall–Kier alpha value is -3.56. The number of aromatic nitrogens is 1. The number of hydrogen-bond acceptors (Lipinski definition) is 4. The van der Waals surface area contributed by atoms with Gasteiger partial charge in [-0.25, -0.2) is 13.2 Å². The number of benzene rings is 1. The number of nitrogens with zero attached hydrogens (tertiary/aromatic N) is 2. The summed E-state index contributed by atoms with van der Waals surface area (Å²) in [6.07, 6.45) is 4.52. The van der Waals surface area contributed by atoms with E-state index in [1.165, 1.54) is 15.7 Å². The molecular formula is C22H20F3N3O4. The average molecular weight is 447 g/mol. The minimum atomic E-state index is -1.07. The third kappa shape index (κ3) is 3.55. The zero-order valence-electron chi connectivity index (χ0n) is 17.0. The Labute approximate surface area is 180 Å². The average Bonchev–Trinajstić information content (AvgIpc) is 2.90. The molecule has 0 fully saturated rings. The van der Waals surface area contributed by atoms with Gasteiger partial charge in [-0.15, -0.1) is 0 Å².